The van der Waals surface area contributed by atoms with Crippen LogP contribution in [-0.4, -0.2) is 26.6 Å². The molecule has 3 nitrogen and oxygen atoms in total. The lowest BCUT2D eigenvalue weighted by molar-refractivity contribution is 0.212. The number of ether oxygens (including phenoxy) is 2. The molecule has 1 aromatic carbocycles. The van der Waals surface area contributed by atoms with E-state index >= 15 is 0 Å². The van der Waals surface area contributed by atoms with Gasteiger partial charge in [-0.15, -0.1) is 11.6 Å². The summed E-state index contributed by atoms with van der Waals surface area (Å²) in [5.74, 6) is 2.30. The first-order valence-electron chi connectivity index (χ1n) is 7.70. The van der Waals surface area contributed by atoms with Gasteiger partial charge in [0, 0.05) is 19.0 Å². The fourth-order valence-electron chi connectivity index (χ4n) is 3.12. The Morgan fingerprint density at radius 1 is 1.10 bits per heavy atom. The minimum atomic E-state index is 0.288. The van der Waals surface area contributed by atoms with Crippen LogP contribution in [0.4, 0.5) is 0 Å². The van der Waals surface area contributed by atoms with E-state index < -0.39 is 0 Å². The van der Waals surface area contributed by atoms with Crippen molar-refractivity contribution in [1.29, 1.82) is 0 Å². The summed E-state index contributed by atoms with van der Waals surface area (Å²) in [7, 11) is 3.32. The second-order valence-electron chi connectivity index (χ2n) is 5.99. The number of benzene rings is 1. The predicted molar refractivity (Wildman–Crippen MR) is 87.5 cm³/mol. The number of rotatable bonds is 7. The van der Waals surface area contributed by atoms with E-state index in [1.807, 2.05) is 12.1 Å². The molecule has 1 aromatic rings. The average molecular weight is 312 g/mol. The van der Waals surface area contributed by atoms with E-state index in [9.17, 15) is 0 Å². The number of methoxy groups -OCH3 is 2. The van der Waals surface area contributed by atoms with Crippen molar-refractivity contribution in [2.45, 2.75) is 38.6 Å². The minimum Gasteiger partial charge on any atom is -0.493 e. The topological polar surface area (TPSA) is 30.5 Å². The van der Waals surface area contributed by atoms with Crippen LogP contribution >= 0.6 is 11.6 Å². The van der Waals surface area contributed by atoms with E-state index in [4.69, 9.17) is 21.1 Å². The van der Waals surface area contributed by atoms with Gasteiger partial charge in [-0.25, -0.2) is 0 Å². The first-order valence-corrected chi connectivity index (χ1v) is 8.24. The maximum absolute atomic E-state index is 6.23. The highest BCUT2D eigenvalue weighted by atomic mass is 35.5. The van der Waals surface area contributed by atoms with Gasteiger partial charge in [0.05, 0.1) is 14.2 Å². The molecule has 1 saturated carbocycles. The zero-order chi connectivity index (χ0) is 15.1. The van der Waals surface area contributed by atoms with Crippen LogP contribution in [0.2, 0.25) is 0 Å². The van der Waals surface area contributed by atoms with Gasteiger partial charge in [0.25, 0.3) is 0 Å². The average Bonchev–Trinajstić information content (AvgIpc) is 2.55. The van der Waals surface area contributed by atoms with Crippen molar-refractivity contribution >= 4 is 11.6 Å². The van der Waals surface area contributed by atoms with Crippen molar-refractivity contribution in [3.8, 4) is 11.5 Å². The zero-order valence-electron chi connectivity index (χ0n) is 13.1. The van der Waals surface area contributed by atoms with Crippen LogP contribution in [0.3, 0.4) is 0 Å². The van der Waals surface area contributed by atoms with Crippen LogP contribution in [0.15, 0.2) is 18.2 Å². The third-order valence-corrected chi connectivity index (χ3v) is 5.04. The molecule has 0 heterocycles. The largest absolute Gasteiger partial charge is 0.493 e. The fraction of sp³-hybridized carbons (Fsp3) is 0.647. The maximum Gasteiger partial charge on any atom is 0.161 e. The summed E-state index contributed by atoms with van der Waals surface area (Å²) in [6, 6.07) is 6.05. The highest BCUT2D eigenvalue weighted by Crippen LogP contribution is 2.36. The van der Waals surface area contributed by atoms with Crippen LogP contribution in [-0.2, 0) is 6.54 Å². The Hall–Kier alpha value is -0.930. The second-order valence-corrected chi connectivity index (χ2v) is 6.25. The van der Waals surface area contributed by atoms with Gasteiger partial charge in [-0.2, -0.15) is 0 Å². The molecule has 0 aliphatic heterocycles. The van der Waals surface area contributed by atoms with E-state index in [1.54, 1.807) is 14.2 Å². The van der Waals surface area contributed by atoms with Crippen molar-refractivity contribution in [3.63, 3.8) is 0 Å². The normalized spacial score (nSPS) is 17.5. The molecule has 1 fully saturated rings. The van der Waals surface area contributed by atoms with E-state index in [2.05, 4.69) is 11.4 Å². The molecule has 21 heavy (non-hydrogen) atoms. The SMILES string of the molecule is COc1ccc(CNCC2(CCl)CCCCC2)cc1OC. The van der Waals surface area contributed by atoms with Crippen molar-refractivity contribution in [1.82, 2.24) is 5.32 Å². The number of alkyl halides is 1. The maximum atomic E-state index is 6.23. The van der Waals surface area contributed by atoms with Crippen LogP contribution < -0.4 is 14.8 Å². The molecule has 1 N–H and O–H groups in total. The highest BCUT2D eigenvalue weighted by molar-refractivity contribution is 6.18. The van der Waals surface area contributed by atoms with Crippen molar-refractivity contribution in [3.05, 3.63) is 23.8 Å². The number of halogens is 1. The summed E-state index contributed by atoms with van der Waals surface area (Å²) >= 11 is 6.23. The molecule has 2 rings (SSSR count). The van der Waals surface area contributed by atoms with E-state index in [0.717, 1.165) is 30.5 Å². The second kappa shape index (κ2) is 7.90. The fourth-order valence-corrected chi connectivity index (χ4v) is 3.48. The molecule has 0 unspecified atom stereocenters. The molecule has 0 amide bonds. The Labute approximate surface area is 133 Å². The minimum absolute atomic E-state index is 0.288. The van der Waals surface area contributed by atoms with Crippen molar-refractivity contribution < 1.29 is 9.47 Å². The Morgan fingerprint density at radius 3 is 2.43 bits per heavy atom. The molecule has 0 bridgehead atoms. The number of nitrogens with one attached hydrogen (secondary N) is 1. The Morgan fingerprint density at radius 2 is 1.81 bits per heavy atom. The Bertz CT molecular complexity index is 444. The quantitative estimate of drug-likeness (QED) is 0.773. The molecule has 118 valence electrons. The van der Waals surface area contributed by atoms with Crippen molar-refractivity contribution in [2.24, 2.45) is 5.41 Å². The van der Waals surface area contributed by atoms with Gasteiger partial charge in [0.2, 0.25) is 0 Å². The Balaban J connectivity index is 1.90. The molecular weight excluding hydrogens is 286 g/mol. The van der Waals surface area contributed by atoms with Gasteiger partial charge >= 0.3 is 0 Å². The molecular formula is C17H26ClNO2. The lowest BCUT2D eigenvalue weighted by Crippen LogP contribution is -2.37. The summed E-state index contributed by atoms with van der Waals surface area (Å²) in [5.41, 5.74) is 1.49. The highest BCUT2D eigenvalue weighted by Gasteiger charge is 2.30. The van der Waals surface area contributed by atoms with Gasteiger partial charge in [-0.05, 0) is 36.0 Å². The van der Waals surface area contributed by atoms with Gasteiger partial charge < -0.3 is 14.8 Å². The third kappa shape index (κ3) is 4.27. The first-order chi connectivity index (χ1) is 10.2. The molecule has 0 radical (unpaired) electrons. The monoisotopic (exact) mass is 311 g/mol. The molecule has 4 heteroatoms. The summed E-state index contributed by atoms with van der Waals surface area (Å²) in [5, 5.41) is 3.57. The Kier molecular flexibility index (Phi) is 6.19. The van der Waals surface area contributed by atoms with Crippen LogP contribution in [0.1, 0.15) is 37.7 Å². The summed E-state index contributed by atoms with van der Waals surface area (Å²) in [4.78, 5) is 0. The van der Waals surface area contributed by atoms with E-state index in [1.165, 1.54) is 37.7 Å². The lowest BCUT2D eigenvalue weighted by Gasteiger charge is -2.35. The molecule has 0 saturated heterocycles. The lowest BCUT2D eigenvalue weighted by atomic mass is 9.75. The number of hydrogen-bond donors (Lipinski definition) is 1. The van der Waals surface area contributed by atoms with Crippen LogP contribution in [0.25, 0.3) is 0 Å². The van der Waals surface area contributed by atoms with Gasteiger partial charge in [0.1, 0.15) is 0 Å². The standard InChI is InChI=1S/C17H26ClNO2/c1-20-15-7-6-14(10-16(15)21-2)11-19-13-17(12-18)8-4-3-5-9-17/h6-7,10,19H,3-5,8-9,11-13H2,1-2H3. The van der Waals surface area contributed by atoms with Crippen LogP contribution in [0, 0.1) is 5.41 Å². The summed E-state index contributed by atoms with van der Waals surface area (Å²) < 4.78 is 10.6. The third-order valence-electron chi connectivity index (χ3n) is 4.47. The van der Waals surface area contributed by atoms with E-state index in [-0.39, 0.29) is 5.41 Å². The summed E-state index contributed by atoms with van der Waals surface area (Å²) in [6.07, 6.45) is 6.47. The first kappa shape index (κ1) is 16.4. The predicted octanol–water partition coefficient (Wildman–Crippen LogP) is 3.98. The molecule has 1 aliphatic carbocycles. The van der Waals surface area contributed by atoms with Crippen molar-refractivity contribution in [2.75, 3.05) is 26.6 Å². The van der Waals surface area contributed by atoms with Gasteiger partial charge in [-0.1, -0.05) is 25.3 Å². The number of hydrogen-bond acceptors (Lipinski definition) is 3. The molecule has 1 aliphatic rings. The zero-order valence-corrected chi connectivity index (χ0v) is 13.8. The van der Waals surface area contributed by atoms with Gasteiger partial charge in [-0.3, -0.25) is 0 Å². The molecule has 0 atom stereocenters. The van der Waals surface area contributed by atoms with Gasteiger partial charge in [0.15, 0.2) is 11.5 Å². The summed E-state index contributed by atoms with van der Waals surface area (Å²) in [6.45, 7) is 1.82. The van der Waals surface area contributed by atoms with Crippen LogP contribution in [0.5, 0.6) is 11.5 Å². The van der Waals surface area contributed by atoms with E-state index in [0.29, 0.717) is 0 Å². The molecule has 0 spiro atoms. The molecule has 0 aromatic heterocycles. The smallest absolute Gasteiger partial charge is 0.161 e.